The van der Waals surface area contributed by atoms with Crippen LogP contribution in [0.5, 0.6) is 0 Å². The van der Waals surface area contributed by atoms with Crippen LogP contribution in [0.2, 0.25) is 0 Å². The second-order valence-electron chi connectivity index (χ2n) is 7.03. The number of rotatable bonds is 8. The summed E-state index contributed by atoms with van der Waals surface area (Å²) < 4.78 is -0.260. The number of ketones is 2. The van der Waals surface area contributed by atoms with Crippen LogP contribution in [0.1, 0.15) is 67.5 Å². The predicted molar refractivity (Wildman–Crippen MR) is 119 cm³/mol. The van der Waals surface area contributed by atoms with E-state index < -0.39 is 0 Å². The molecule has 0 N–H and O–H groups in total. The van der Waals surface area contributed by atoms with Gasteiger partial charge >= 0.3 is 0 Å². The molecule has 5 heteroatoms. The quantitative estimate of drug-likeness (QED) is 0.468. The van der Waals surface area contributed by atoms with E-state index in [0.29, 0.717) is 18.6 Å². The first-order valence-electron chi connectivity index (χ1n) is 9.51. The number of hydrogen-bond acceptors (Lipinski definition) is 5. The van der Waals surface area contributed by atoms with E-state index in [1.165, 1.54) is 14.7 Å². The third-order valence-electron chi connectivity index (χ3n) is 5.48. The van der Waals surface area contributed by atoms with Gasteiger partial charge in [-0.3, -0.25) is 9.59 Å². The summed E-state index contributed by atoms with van der Waals surface area (Å²) in [5, 5.41) is 2.10. The average Bonchev–Trinajstić information content (AvgIpc) is 3.44. The van der Waals surface area contributed by atoms with Crippen molar-refractivity contribution in [3.8, 4) is 0 Å². The Morgan fingerprint density at radius 2 is 1.85 bits per heavy atom. The zero-order chi connectivity index (χ0) is 19.6. The van der Waals surface area contributed by atoms with Crippen LogP contribution < -0.4 is 0 Å². The first-order chi connectivity index (χ1) is 12.9. The van der Waals surface area contributed by atoms with Crippen molar-refractivity contribution in [3.63, 3.8) is 0 Å². The summed E-state index contributed by atoms with van der Waals surface area (Å²) in [6, 6.07) is 8.46. The Balaban J connectivity index is 1.96. The molecule has 0 spiro atoms. The monoisotopic (exact) mass is 418 g/mol. The van der Waals surface area contributed by atoms with Crippen LogP contribution in [0, 0.1) is 5.92 Å². The van der Waals surface area contributed by atoms with Gasteiger partial charge in [-0.15, -0.1) is 34.4 Å². The van der Waals surface area contributed by atoms with E-state index in [2.05, 4.69) is 42.6 Å². The normalized spacial score (nSPS) is 21.7. The smallest absolute Gasteiger partial charge is 0.140 e. The van der Waals surface area contributed by atoms with Crippen LogP contribution in [-0.2, 0) is 14.3 Å². The Kier molecular flexibility index (Phi) is 6.44. The highest BCUT2D eigenvalue weighted by Crippen LogP contribution is 2.59. The molecular weight excluding hydrogens is 392 g/mol. The summed E-state index contributed by atoms with van der Waals surface area (Å²) in [6.07, 6.45) is 4.26. The van der Waals surface area contributed by atoms with Crippen molar-refractivity contribution in [2.75, 3.05) is 0 Å². The lowest BCUT2D eigenvalue weighted by Gasteiger charge is -2.33. The lowest BCUT2D eigenvalue weighted by atomic mass is 9.84. The number of thioether (sulfide) groups is 1. The second kappa shape index (κ2) is 8.46. The third kappa shape index (κ3) is 3.87. The molecular formula is C22H26O2S3. The van der Waals surface area contributed by atoms with Crippen LogP contribution in [0.15, 0.2) is 35.7 Å². The summed E-state index contributed by atoms with van der Waals surface area (Å²) >= 11 is 5.29. The molecule has 1 aliphatic rings. The highest BCUT2D eigenvalue weighted by atomic mass is 32.2. The molecule has 144 valence electrons. The molecule has 0 saturated carbocycles. The average molecular weight is 419 g/mol. The second-order valence-corrected chi connectivity index (χ2v) is 10.5. The molecule has 0 bridgehead atoms. The van der Waals surface area contributed by atoms with Gasteiger partial charge in [-0.1, -0.05) is 39.8 Å². The number of carbonyl (C=O) groups excluding carboxylic acids is 2. The van der Waals surface area contributed by atoms with E-state index in [0.717, 1.165) is 11.3 Å². The maximum absolute atomic E-state index is 12.7. The number of Topliss-reactive ketones (excluding diaryl/α,β-unsaturated/α-hetero) is 2. The fourth-order valence-corrected chi connectivity index (χ4v) is 7.39. The van der Waals surface area contributed by atoms with Crippen molar-refractivity contribution in [2.45, 2.75) is 57.6 Å². The first kappa shape index (κ1) is 20.6. The molecule has 2 aromatic heterocycles. The van der Waals surface area contributed by atoms with Crippen molar-refractivity contribution < 1.29 is 9.59 Å². The van der Waals surface area contributed by atoms with E-state index in [4.69, 9.17) is 0 Å². The summed E-state index contributed by atoms with van der Waals surface area (Å²) in [4.78, 5) is 29.7. The molecule has 3 rings (SSSR count). The summed E-state index contributed by atoms with van der Waals surface area (Å²) in [6.45, 7) is 7.93. The van der Waals surface area contributed by atoms with E-state index in [-0.39, 0.29) is 22.4 Å². The molecule has 27 heavy (non-hydrogen) atoms. The maximum Gasteiger partial charge on any atom is 0.140 e. The summed E-state index contributed by atoms with van der Waals surface area (Å²) in [5.41, 5.74) is 0. The lowest BCUT2D eigenvalue weighted by Crippen LogP contribution is -2.32. The molecule has 0 amide bonds. The largest absolute Gasteiger partial charge is 0.299 e. The zero-order valence-electron chi connectivity index (χ0n) is 16.3. The molecule has 0 radical (unpaired) electrons. The predicted octanol–water partition coefficient (Wildman–Crippen LogP) is 6.88. The Hall–Kier alpha value is -1.17. The van der Waals surface area contributed by atoms with Crippen molar-refractivity contribution in [2.24, 2.45) is 5.92 Å². The van der Waals surface area contributed by atoms with Gasteiger partial charge in [0.2, 0.25) is 0 Å². The third-order valence-corrected chi connectivity index (χ3v) is 9.80. The van der Waals surface area contributed by atoms with Gasteiger partial charge < -0.3 is 0 Å². The van der Waals surface area contributed by atoms with Gasteiger partial charge in [-0.2, -0.15) is 0 Å². The Labute approximate surface area is 174 Å². The number of allylic oxidation sites excluding steroid dienone is 1. The SMILES string of the molecule is CCC(=O)C(C)c1ccc(C2(C(C)C(=O)CC)CC=C(c3cccs3)S2)s1. The van der Waals surface area contributed by atoms with Crippen molar-refractivity contribution >= 4 is 50.9 Å². The standard InChI is InChI=1S/C22H26O2S3/c1-5-16(23)14(3)18-9-10-21(26-18)22(15(4)17(24)6-2)12-11-20(27-22)19-8-7-13-25-19/h7-11,13-15H,5-6,12H2,1-4H3. The zero-order valence-corrected chi connectivity index (χ0v) is 18.7. The molecule has 0 aliphatic carbocycles. The molecule has 0 fully saturated rings. The Morgan fingerprint density at radius 1 is 1.11 bits per heavy atom. The van der Waals surface area contributed by atoms with Gasteiger partial charge in [0.25, 0.3) is 0 Å². The fraction of sp³-hybridized carbons (Fsp3) is 0.455. The molecule has 0 saturated heterocycles. The summed E-state index contributed by atoms with van der Waals surface area (Å²) in [5.74, 6) is 0.437. The minimum absolute atomic E-state index is 0.0649. The van der Waals surface area contributed by atoms with Gasteiger partial charge in [0.15, 0.2) is 0 Å². The van der Waals surface area contributed by atoms with Crippen LogP contribution in [0.3, 0.4) is 0 Å². The first-order valence-corrected chi connectivity index (χ1v) is 12.0. The van der Waals surface area contributed by atoms with Crippen LogP contribution in [0.4, 0.5) is 0 Å². The van der Waals surface area contributed by atoms with Crippen LogP contribution in [0.25, 0.3) is 4.91 Å². The molecule has 0 aromatic carbocycles. The van der Waals surface area contributed by atoms with Crippen molar-refractivity contribution in [3.05, 3.63) is 50.4 Å². The van der Waals surface area contributed by atoms with Crippen LogP contribution >= 0.6 is 34.4 Å². The molecule has 1 aliphatic heterocycles. The van der Waals surface area contributed by atoms with Gasteiger partial charge in [0.1, 0.15) is 11.6 Å². The highest BCUT2D eigenvalue weighted by Gasteiger charge is 2.46. The Morgan fingerprint density at radius 3 is 2.48 bits per heavy atom. The molecule has 3 unspecified atom stereocenters. The van der Waals surface area contributed by atoms with Gasteiger partial charge in [0.05, 0.1) is 4.75 Å². The summed E-state index contributed by atoms with van der Waals surface area (Å²) in [7, 11) is 0. The topological polar surface area (TPSA) is 34.1 Å². The van der Waals surface area contributed by atoms with E-state index in [1.807, 2.05) is 32.5 Å². The molecule has 3 atom stereocenters. The fourth-order valence-electron chi connectivity index (χ4n) is 3.57. The van der Waals surface area contributed by atoms with E-state index in [9.17, 15) is 9.59 Å². The minimum atomic E-state index is -0.260. The highest BCUT2D eigenvalue weighted by molar-refractivity contribution is 8.09. The van der Waals surface area contributed by atoms with Crippen molar-refractivity contribution in [1.82, 2.24) is 0 Å². The number of carbonyl (C=O) groups is 2. The minimum Gasteiger partial charge on any atom is -0.299 e. The maximum atomic E-state index is 12.7. The van der Waals surface area contributed by atoms with Crippen LogP contribution in [-0.4, -0.2) is 11.6 Å². The molecule has 2 aromatic rings. The van der Waals surface area contributed by atoms with E-state index >= 15 is 0 Å². The number of hydrogen-bond donors (Lipinski definition) is 0. The van der Waals surface area contributed by atoms with Gasteiger partial charge in [0, 0.05) is 44.2 Å². The molecule has 2 nitrogen and oxygen atoms in total. The van der Waals surface area contributed by atoms with Gasteiger partial charge in [-0.05, 0) is 30.0 Å². The van der Waals surface area contributed by atoms with Gasteiger partial charge in [-0.25, -0.2) is 0 Å². The Bertz CT molecular complexity index is 847. The lowest BCUT2D eigenvalue weighted by molar-refractivity contribution is -0.123. The van der Waals surface area contributed by atoms with Crippen molar-refractivity contribution in [1.29, 1.82) is 0 Å². The number of thiophene rings is 2. The van der Waals surface area contributed by atoms with E-state index in [1.54, 1.807) is 22.7 Å². The molecule has 3 heterocycles.